The van der Waals surface area contributed by atoms with Gasteiger partial charge in [0.2, 0.25) is 9.84 Å². The predicted octanol–water partition coefficient (Wildman–Crippen LogP) is 4.18. The van der Waals surface area contributed by atoms with Crippen LogP contribution in [0.25, 0.3) is 27.7 Å². The van der Waals surface area contributed by atoms with Crippen molar-refractivity contribution in [2.24, 2.45) is 0 Å². The summed E-state index contributed by atoms with van der Waals surface area (Å²) in [4.78, 5) is 9.79. The maximum Gasteiger partial charge on any atom is 0.210 e. The highest BCUT2D eigenvalue weighted by atomic mass is 32.2. The van der Waals surface area contributed by atoms with Gasteiger partial charge in [-0.2, -0.15) is 0 Å². The molecule has 0 bridgehead atoms. The standard InChI is InChI=1S/C21H15N3O2S/c1-14-9-11-15(12-10-14)27(25,26)20-18-8-4-5-13-24(18)21-19(20)22-16-6-2-3-7-17(16)23-21/h2-13H,1H3. The van der Waals surface area contributed by atoms with Crippen LogP contribution in [0.3, 0.4) is 0 Å². The molecule has 3 heterocycles. The first-order chi connectivity index (χ1) is 13.1. The molecule has 0 unspecified atom stereocenters. The van der Waals surface area contributed by atoms with Gasteiger partial charge in [-0.25, -0.2) is 18.4 Å². The summed E-state index contributed by atoms with van der Waals surface area (Å²) in [6.45, 7) is 1.93. The topological polar surface area (TPSA) is 64.3 Å². The van der Waals surface area contributed by atoms with Crippen molar-refractivity contribution in [1.82, 2.24) is 14.4 Å². The highest BCUT2D eigenvalue weighted by molar-refractivity contribution is 7.92. The van der Waals surface area contributed by atoms with E-state index >= 15 is 0 Å². The summed E-state index contributed by atoms with van der Waals surface area (Å²) in [6.07, 6.45) is 1.81. The smallest absolute Gasteiger partial charge is 0.210 e. The molecule has 5 aromatic rings. The van der Waals surface area contributed by atoms with Gasteiger partial charge in [0.25, 0.3) is 0 Å². The summed E-state index contributed by atoms with van der Waals surface area (Å²) in [5.41, 5.74) is 3.90. The lowest BCUT2D eigenvalue weighted by Crippen LogP contribution is -2.03. The van der Waals surface area contributed by atoms with Crippen molar-refractivity contribution in [3.63, 3.8) is 0 Å². The second-order valence-corrected chi connectivity index (χ2v) is 8.37. The van der Waals surface area contributed by atoms with Crippen LogP contribution in [0.2, 0.25) is 0 Å². The van der Waals surface area contributed by atoms with Crippen molar-refractivity contribution >= 4 is 37.6 Å². The normalized spacial score (nSPS) is 12.2. The van der Waals surface area contributed by atoms with Crippen LogP contribution < -0.4 is 0 Å². The number of rotatable bonds is 2. The quantitative estimate of drug-likeness (QED) is 0.466. The van der Waals surface area contributed by atoms with Gasteiger partial charge in [0.1, 0.15) is 10.4 Å². The minimum atomic E-state index is -3.76. The third-order valence-electron chi connectivity index (χ3n) is 4.69. The Hall–Kier alpha value is -3.25. The average Bonchev–Trinajstić information content (AvgIpc) is 3.00. The molecular weight excluding hydrogens is 358 g/mol. The molecule has 6 heteroatoms. The minimum absolute atomic E-state index is 0.195. The van der Waals surface area contributed by atoms with E-state index in [4.69, 9.17) is 0 Å². The van der Waals surface area contributed by atoms with Crippen molar-refractivity contribution in [3.05, 3.63) is 78.5 Å². The number of hydrogen-bond donors (Lipinski definition) is 0. The number of fused-ring (bicyclic) bond motifs is 4. The van der Waals surface area contributed by atoms with Crippen molar-refractivity contribution in [1.29, 1.82) is 0 Å². The van der Waals surface area contributed by atoms with Gasteiger partial charge >= 0.3 is 0 Å². The Morgan fingerprint density at radius 3 is 2.22 bits per heavy atom. The lowest BCUT2D eigenvalue weighted by Gasteiger charge is -2.05. The van der Waals surface area contributed by atoms with E-state index in [2.05, 4.69) is 9.97 Å². The number of para-hydroxylation sites is 2. The van der Waals surface area contributed by atoms with Gasteiger partial charge in [-0.3, -0.25) is 4.40 Å². The van der Waals surface area contributed by atoms with Crippen LogP contribution in [-0.2, 0) is 9.84 Å². The second-order valence-electron chi connectivity index (χ2n) is 6.49. The third kappa shape index (κ3) is 2.34. The molecule has 0 amide bonds. The summed E-state index contributed by atoms with van der Waals surface area (Å²) in [5, 5.41) is 0. The van der Waals surface area contributed by atoms with Gasteiger partial charge in [-0.15, -0.1) is 0 Å². The molecule has 0 radical (unpaired) electrons. The molecule has 0 aliphatic carbocycles. The van der Waals surface area contributed by atoms with E-state index in [9.17, 15) is 8.42 Å². The van der Waals surface area contributed by atoms with E-state index < -0.39 is 9.84 Å². The summed E-state index contributed by atoms with van der Waals surface area (Å²) < 4.78 is 28.8. The first-order valence-electron chi connectivity index (χ1n) is 8.53. The van der Waals surface area contributed by atoms with Crippen LogP contribution in [0.4, 0.5) is 0 Å². The number of nitrogens with zero attached hydrogens (tertiary/aromatic N) is 3. The van der Waals surface area contributed by atoms with Gasteiger partial charge in [0.15, 0.2) is 5.65 Å². The number of aryl methyl sites for hydroxylation is 1. The van der Waals surface area contributed by atoms with Crippen LogP contribution in [0.15, 0.2) is 82.7 Å². The molecule has 0 saturated heterocycles. The summed E-state index contributed by atoms with van der Waals surface area (Å²) >= 11 is 0. The zero-order chi connectivity index (χ0) is 18.6. The molecule has 3 aromatic heterocycles. The Kier molecular flexibility index (Phi) is 3.32. The SMILES string of the molecule is Cc1ccc(S(=O)(=O)c2c3nc4ccccc4nc3n3ccccc23)cc1. The lowest BCUT2D eigenvalue weighted by molar-refractivity contribution is 0.597. The van der Waals surface area contributed by atoms with Crippen LogP contribution in [0.5, 0.6) is 0 Å². The highest BCUT2D eigenvalue weighted by Crippen LogP contribution is 2.33. The fourth-order valence-corrected chi connectivity index (χ4v) is 4.91. The van der Waals surface area contributed by atoms with Gasteiger partial charge < -0.3 is 0 Å². The summed E-state index contributed by atoms with van der Waals surface area (Å²) in [7, 11) is -3.76. The molecule has 2 aromatic carbocycles. The molecule has 27 heavy (non-hydrogen) atoms. The number of aromatic nitrogens is 3. The fourth-order valence-electron chi connectivity index (χ4n) is 3.35. The Morgan fingerprint density at radius 2 is 1.48 bits per heavy atom. The van der Waals surface area contributed by atoms with E-state index in [1.807, 2.05) is 49.5 Å². The first kappa shape index (κ1) is 16.0. The van der Waals surface area contributed by atoms with Gasteiger partial charge in [0.05, 0.1) is 21.4 Å². The zero-order valence-electron chi connectivity index (χ0n) is 14.5. The van der Waals surface area contributed by atoms with Crippen molar-refractivity contribution in [3.8, 4) is 0 Å². The molecule has 0 atom stereocenters. The van der Waals surface area contributed by atoms with E-state index in [0.717, 1.165) is 11.1 Å². The molecule has 0 fully saturated rings. The maximum atomic E-state index is 13.5. The minimum Gasteiger partial charge on any atom is -0.299 e. The molecular formula is C21H15N3O2S. The number of hydrogen-bond acceptors (Lipinski definition) is 4. The third-order valence-corrected chi connectivity index (χ3v) is 6.52. The number of sulfone groups is 1. The van der Waals surface area contributed by atoms with Crippen molar-refractivity contribution in [2.75, 3.05) is 0 Å². The van der Waals surface area contributed by atoms with Crippen molar-refractivity contribution < 1.29 is 8.42 Å². The Labute approximate surface area is 155 Å². The Balaban J connectivity index is 1.95. The van der Waals surface area contributed by atoms with Crippen LogP contribution in [0.1, 0.15) is 5.56 Å². The fraction of sp³-hybridized carbons (Fsp3) is 0.0476. The van der Waals surface area contributed by atoms with Gasteiger partial charge in [0, 0.05) is 6.20 Å². The molecule has 0 spiro atoms. The van der Waals surface area contributed by atoms with E-state index in [0.29, 0.717) is 22.2 Å². The zero-order valence-corrected chi connectivity index (χ0v) is 15.3. The number of pyridine rings is 1. The highest BCUT2D eigenvalue weighted by Gasteiger charge is 2.27. The summed E-state index contributed by atoms with van der Waals surface area (Å²) in [5.74, 6) is 0. The van der Waals surface area contributed by atoms with Crippen LogP contribution in [-0.4, -0.2) is 22.8 Å². The lowest BCUT2D eigenvalue weighted by atomic mass is 10.2. The van der Waals surface area contributed by atoms with Crippen LogP contribution in [0, 0.1) is 6.92 Å². The van der Waals surface area contributed by atoms with E-state index in [-0.39, 0.29) is 9.79 Å². The summed E-state index contributed by atoms with van der Waals surface area (Å²) in [6, 6.07) is 19.8. The van der Waals surface area contributed by atoms with Gasteiger partial charge in [-0.05, 0) is 43.3 Å². The molecule has 5 nitrogen and oxygen atoms in total. The molecule has 0 N–H and O–H groups in total. The van der Waals surface area contributed by atoms with Crippen molar-refractivity contribution in [2.45, 2.75) is 16.7 Å². The number of benzene rings is 2. The van der Waals surface area contributed by atoms with Gasteiger partial charge in [-0.1, -0.05) is 35.9 Å². The predicted molar refractivity (Wildman–Crippen MR) is 105 cm³/mol. The molecule has 5 rings (SSSR count). The molecule has 132 valence electrons. The Bertz CT molecular complexity index is 1440. The first-order valence-corrected chi connectivity index (χ1v) is 10.0. The monoisotopic (exact) mass is 373 g/mol. The van der Waals surface area contributed by atoms with E-state index in [1.54, 1.807) is 34.7 Å². The second kappa shape index (κ2) is 5.62. The van der Waals surface area contributed by atoms with E-state index in [1.165, 1.54) is 0 Å². The molecule has 0 aliphatic rings. The Morgan fingerprint density at radius 1 is 0.815 bits per heavy atom. The molecule has 0 saturated carbocycles. The largest absolute Gasteiger partial charge is 0.299 e. The molecule has 0 aliphatic heterocycles. The average molecular weight is 373 g/mol. The maximum absolute atomic E-state index is 13.5. The van der Waals surface area contributed by atoms with Crippen LogP contribution >= 0.6 is 0 Å².